The van der Waals surface area contributed by atoms with Crippen molar-refractivity contribution in [1.82, 2.24) is 18.9 Å². The minimum atomic E-state index is 0.766. The Bertz CT molecular complexity index is 492. The normalized spacial score (nSPS) is 11.3. The molecule has 0 radical (unpaired) electrons. The van der Waals surface area contributed by atoms with E-state index in [1.807, 2.05) is 17.5 Å². The summed E-state index contributed by atoms with van der Waals surface area (Å²) in [4.78, 5) is 1.19. The summed E-state index contributed by atoms with van der Waals surface area (Å²) >= 11 is 1.76. The Morgan fingerprint density at radius 3 is 2.71 bits per heavy atom. The SMILES string of the molecule is CCN(CC)Sc1ccc2nnc(NC)n2c1. The molecule has 0 spiro atoms. The topological polar surface area (TPSA) is 45.5 Å². The van der Waals surface area contributed by atoms with Crippen molar-refractivity contribution < 1.29 is 0 Å². The quantitative estimate of drug-likeness (QED) is 0.825. The van der Waals surface area contributed by atoms with Gasteiger partial charge in [-0.25, -0.2) is 4.31 Å². The van der Waals surface area contributed by atoms with Crippen molar-refractivity contribution in [3.63, 3.8) is 0 Å². The van der Waals surface area contributed by atoms with Crippen molar-refractivity contribution >= 4 is 23.5 Å². The molecule has 0 saturated carbocycles. The van der Waals surface area contributed by atoms with Gasteiger partial charge in [-0.1, -0.05) is 13.8 Å². The van der Waals surface area contributed by atoms with Gasteiger partial charge in [-0.3, -0.25) is 4.40 Å². The number of hydrogen-bond donors (Lipinski definition) is 1. The Morgan fingerprint density at radius 2 is 2.06 bits per heavy atom. The summed E-state index contributed by atoms with van der Waals surface area (Å²) in [6.45, 7) is 6.38. The fourth-order valence-corrected chi connectivity index (χ4v) is 2.44. The van der Waals surface area contributed by atoms with E-state index in [0.717, 1.165) is 24.7 Å². The molecule has 0 saturated heterocycles. The number of rotatable bonds is 5. The standard InChI is InChI=1S/C11H17N5S/c1-4-15(5-2)17-9-6-7-10-13-14-11(12-3)16(10)8-9/h6-8H,4-5H2,1-3H3,(H,12,14). The van der Waals surface area contributed by atoms with Gasteiger partial charge in [0.25, 0.3) is 0 Å². The molecule has 2 rings (SSSR count). The molecule has 0 bridgehead atoms. The lowest BCUT2D eigenvalue weighted by atomic mass is 10.5. The molecule has 0 aliphatic heterocycles. The van der Waals surface area contributed by atoms with Crippen LogP contribution in [0.5, 0.6) is 0 Å². The van der Waals surface area contributed by atoms with Crippen LogP contribution < -0.4 is 5.32 Å². The van der Waals surface area contributed by atoms with Gasteiger partial charge in [-0.2, -0.15) is 0 Å². The molecular weight excluding hydrogens is 234 g/mol. The number of hydrogen-bond acceptors (Lipinski definition) is 5. The minimum absolute atomic E-state index is 0.766. The van der Waals surface area contributed by atoms with Crippen LogP contribution in [0.1, 0.15) is 13.8 Å². The van der Waals surface area contributed by atoms with Crippen molar-refractivity contribution in [3.05, 3.63) is 18.3 Å². The molecule has 2 aromatic rings. The van der Waals surface area contributed by atoms with Crippen molar-refractivity contribution in [2.24, 2.45) is 0 Å². The molecular formula is C11H17N5S. The Labute approximate surface area is 105 Å². The summed E-state index contributed by atoms with van der Waals surface area (Å²) < 4.78 is 4.26. The zero-order chi connectivity index (χ0) is 12.3. The van der Waals surface area contributed by atoms with Crippen LogP contribution in [-0.2, 0) is 0 Å². The van der Waals surface area contributed by atoms with Gasteiger partial charge in [0, 0.05) is 31.2 Å². The van der Waals surface area contributed by atoms with E-state index in [-0.39, 0.29) is 0 Å². The van der Waals surface area contributed by atoms with Gasteiger partial charge >= 0.3 is 0 Å². The highest BCUT2D eigenvalue weighted by Gasteiger charge is 2.06. The lowest BCUT2D eigenvalue weighted by molar-refractivity contribution is 0.525. The average molecular weight is 251 g/mol. The number of nitrogens with one attached hydrogen (secondary N) is 1. The second-order valence-electron chi connectivity index (χ2n) is 3.57. The van der Waals surface area contributed by atoms with Gasteiger partial charge in [0.15, 0.2) is 5.65 Å². The van der Waals surface area contributed by atoms with E-state index in [9.17, 15) is 0 Å². The molecule has 17 heavy (non-hydrogen) atoms. The molecule has 6 heteroatoms. The molecule has 0 aliphatic rings. The fourth-order valence-electron chi connectivity index (χ4n) is 1.60. The van der Waals surface area contributed by atoms with E-state index >= 15 is 0 Å². The molecule has 2 heterocycles. The fraction of sp³-hybridized carbons (Fsp3) is 0.455. The Balaban J connectivity index is 2.29. The van der Waals surface area contributed by atoms with Crippen LogP contribution in [0.2, 0.25) is 0 Å². The van der Waals surface area contributed by atoms with E-state index in [0.29, 0.717) is 0 Å². The first-order valence-corrected chi connectivity index (χ1v) is 6.51. The second-order valence-corrected chi connectivity index (χ2v) is 4.74. The first-order chi connectivity index (χ1) is 8.28. The Morgan fingerprint density at radius 1 is 1.29 bits per heavy atom. The van der Waals surface area contributed by atoms with Crippen LogP contribution in [0.25, 0.3) is 5.65 Å². The Kier molecular flexibility index (Phi) is 3.86. The molecule has 92 valence electrons. The van der Waals surface area contributed by atoms with Gasteiger partial charge in [0.2, 0.25) is 5.95 Å². The number of anilines is 1. The van der Waals surface area contributed by atoms with Crippen molar-refractivity contribution in [3.8, 4) is 0 Å². The minimum Gasteiger partial charge on any atom is -0.357 e. The summed E-state index contributed by atoms with van der Waals surface area (Å²) in [6, 6.07) is 4.06. The van der Waals surface area contributed by atoms with E-state index < -0.39 is 0 Å². The highest BCUT2D eigenvalue weighted by molar-refractivity contribution is 7.97. The van der Waals surface area contributed by atoms with Crippen molar-refractivity contribution in [1.29, 1.82) is 0 Å². The largest absolute Gasteiger partial charge is 0.357 e. The van der Waals surface area contributed by atoms with Crippen LogP contribution in [0.15, 0.2) is 23.2 Å². The summed E-state index contributed by atoms with van der Waals surface area (Å²) in [5, 5.41) is 11.2. The molecule has 0 amide bonds. The number of nitrogens with zero attached hydrogens (tertiary/aromatic N) is 4. The maximum atomic E-state index is 4.08. The summed E-state index contributed by atoms with van der Waals surface area (Å²) in [6.07, 6.45) is 2.06. The van der Waals surface area contributed by atoms with Crippen LogP contribution in [0.4, 0.5) is 5.95 Å². The summed E-state index contributed by atoms with van der Waals surface area (Å²) in [5.74, 6) is 0.766. The van der Waals surface area contributed by atoms with Crippen LogP contribution in [0.3, 0.4) is 0 Å². The van der Waals surface area contributed by atoms with E-state index in [1.165, 1.54) is 4.90 Å². The molecule has 5 nitrogen and oxygen atoms in total. The smallest absolute Gasteiger partial charge is 0.228 e. The predicted molar refractivity (Wildman–Crippen MR) is 71.3 cm³/mol. The first kappa shape index (κ1) is 12.2. The third-order valence-corrected chi connectivity index (χ3v) is 3.77. The monoisotopic (exact) mass is 251 g/mol. The second kappa shape index (κ2) is 5.37. The molecule has 0 unspecified atom stereocenters. The van der Waals surface area contributed by atoms with Gasteiger partial charge in [-0.05, 0) is 24.1 Å². The van der Waals surface area contributed by atoms with Gasteiger partial charge < -0.3 is 5.32 Å². The molecule has 0 fully saturated rings. The van der Waals surface area contributed by atoms with E-state index in [1.54, 1.807) is 11.9 Å². The highest BCUT2D eigenvalue weighted by atomic mass is 32.2. The molecule has 1 N–H and O–H groups in total. The van der Waals surface area contributed by atoms with Crippen LogP contribution >= 0.6 is 11.9 Å². The maximum Gasteiger partial charge on any atom is 0.228 e. The third kappa shape index (κ3) is 2.53. The van der Waals surface area contributed by atoms with E-state index in [2.05, 4.69) is 45.9 Å². The van der Waals surface area contributed by atoms with Crippen molar-refractivity contribution in [2.75, 3.05) is 25.5 Å². The van der Waals surface area contributed by atoms with Gasteiger partial charge in [0.05, 0.1) is 0 Å². The summed E-state index contributed by atoms with van der Waals surface area (Å²) in [7, 11) is 1.85. The molecule has 2 aromatic heterocycles. The van der Waals surface area contributed by atoms with Gasteiger partial charge in [0.1, 0.15) is 0 Å². The predicted octanol–water partition coefficient (Wildman–Crippen LogP) is 2.12. The number of pyridine rings is 1. The molecule has 0 atom stereocenters. The zero-order valence-corrected chi connectivity index (χ0v) is 11.2. The Hall–Kier alpha value is -1.27. The third-order valence-electron chi connectivity index (χ3n) is 2.54. The average Bonchev–Trinajstić information content (AvgIpc) is 2.78. The van der Waals surface area contributed by atoms with Crippen molar-refractivity contribution in [2.45, 2.75) is 18.7 Å². The lowest BCUT2D eigenvalue weighted by Crippen LogP contribution is -2.13. The van der Waals surface area contributed by atoms with Crippen LogP contribution in [-0.4, -0.2) is 39.0 Å². The first-order valence-electron chi connectivity index (χ1n) is 5.74. The van der Waals surface area contributed by atoms with Gasteiger partial charge in [-0.15, -0.1) is 10.2 Å². The highest BCUT2D eigenvalue weighted by Crippen LogP contribution is 2.23. The van der Waals surface area contributed by atoms with E-state index in [4.69, 9.17) is 0 Å². The number of fused-ring (bicyclic) bond motifs is 1. The zero-order valence-electron chi connectivity index (χ0n) is 10.3. The lowest BCUT2D eigenvalue weighted by Gasteiger charge is -2.16. The molecule has 0 aromatic carbocycles. The molecule has 0 aliphatic carbocycles. The summed E-state index contributed by atoms with van der Waals surface area (Å²) in [5.41, 5.74) is 0.859. The van der Waals surface area contributed by atoms with Crippen LogP contribution in [0, 0.1) is 0 Å². The maximum absolute atomic E-state index is 4.08. The number of aromatic nitrogens is 3.